The number of hydrogen-bond acceptors (Lipinski definition) is 4. The zero-order chi connectivity index (χ0) is 19.8. The average molecular weight is 434 g/mol. The van der Waals surface area contributed by atoms with E-state index >= 15 is 0 Å². The van der Waals surface area contributed by atoms with Crippen LogP contribution < -0.4 is 11.1 Å². The van der Waals surface area contributed by atoms with Crippen LogP contribution in [0.3, 0.4) is 0 Å². The Hall–Kier alpha value is -2.22. The zero-order valence-corrected chi connectivity index (χ0v) is 15.5. The van der Waals surface area contributed by atoms with Gasteiger partial charge in [-0.2, -0.15) is 18.2 Å². The van der Waals surface area contributed by atoms with Crippen molar-refractivity contribution in [1.29, 1.82) is 0 Å². The van der Waals surface area contributed by atoms with Crippen LogP contribution in [-0.4, -0.2) is 9.97 Å². The first-order chi connectivity index (χ1) is 12.6. The molecule has 0 spiro atoms. The van der Waals surface area contributed by atoms with Crippen molar-refractivity contribution < 1.29 is 13.2 Å². The summed E-state index contributed by atoms with van der Waals surface area (Å²) in [5.74, 6) is 0.207. The van der Waals surface area contributed by atoms with E-state index in [2.05, 4.69) is 15.3 Å². The molecule has 0 atom stereocenters. The van der Waals surface area contributed by atoms with E-state index in [-0.39, 0.29) is 21.8 Å². The van der Waals surface area contributed by atoms with Crippen molar-refractivity contribution in [2.45, 2.75) is 6.18 Å². The van der Waals surface area contributed by atoms with Gasteiger partial charge in [0.25, 0.3) is 0 Å². The van der Waals surface area contributed by atoms with Crippen LogP contribution >= 0.6 is 34.8 Å². The summed E-state index contributed by atoms with van der Waals surface area (Å²) in [5.41, 5.74) is 6.17. The number of nitrogen functional groups attached to an aromatic ring is 1. The predicted octanol–water partition coefficient (Wildman–Crippen LogP) is 6.45. The number of aromatic nitrogens is 2. The quantitative estimate of drug-likeness (QED) is 0.466. The molecule has 0 bridgehead atoms. The maximum Gasteiger partial charge on any atom is 0.416 e. The van der Waals surface area contributed by atoms with E-state index in [9.17, 15) is 13.2 Å². The van der Waals surface area contributed by atoms with Crippen LogP contribution in [0.4, 0.5) is 30.6 Å². The second-order valence-corrected chi connectivity index (χ2v) is 6.67. The molecule has 0 amide bonds. The lowest BCUT2D eigenvalue weighted by Gasteiger charge is -2.11. The van der Waals surface area contributed by atoms with Gasteiger partial charge in [-0.15, -0.1) is 0 Å². The molecule has 0 aliphatic carbocycles. The van der Waals surface area contributed by atoms with Crippen LogP contribution in [0.1, 0.15) is 5.56 Å². The van der Waals surface area contributed by atoms with Crippen LogP contribution in [0, 0.1) is 0 Å². The molecule has 3 N–H and O–H groups in total. The molecule has 0 unspecified atom stereocenters. The third-order valence-corrected chi connectivity index (χ3v) is 4.52. The molecule has 1 heterocycles. The number of nitrogens with one attached hydrogen (secondary N) is 1. The number of alkyl halides is 3. The zero-order valence-electron chi connectivity index (χ0n) is 13.3. The van der Waals surface area contributed by atoms with Gasteiger partial charge in [-0.3, -0.25) is 0 Å². The topological polar surface area (TPSA) is 63.8 Å². The van der Waals surface area contributed by atoms with Gasteiger partial charge in [0.05, 0.1) is 21.3 Å². The minimum Gasteiger partial charge on any atom is -0.368 e. The number of rotatable bonds is 3. The van der Waals surface area contributed by atoms with E-state index < -0.39 is 11.7 Å². The number of benzene rings is 2. The monoisotopic (exact) mass is 432 g/mol. The SMILES string of the molecule is Nc1nc(Nc2ccc(C(F)(F)F)cc2)cc(-c2cc(Cl)cc(Cl)c2Cl)n1. The number of hydrogen-bond donors (Lipinski definition) is 2. The lowest BCUT2D eigenvalue weighted by atomic mass is 10.1. The minimum absolute atomic E-state index is 0.0610. The summed E-state index contributed by atoms with van der Waals surface area (Å²) >= 11 is 18.2. The second kappa shape index (κ2) is 7.42. The molecule has 27 heavy (non-hydrogen) atoms. The molecule has 0 aliphatic heterocycles. The van der Waals surface area contributed by atoms with Gasteiger partial charge in [-0.1, -0.05) is 34.8 Å². The Labute approximate surface area is 167 Å². The molecule has 4 nitrogen and oxygen atoms in total. The molecule has 0 aliphatic rings. The molecule has 0 radical (unpaired) electrons. The van der Waals surface area contributed by atoms with E-state index in [0.717, 1.165) is 12.1 Å². The van der Waals surface area contributed by atoms with Gasteiger partial charge in [-0.05, 0) is 36.4 Å². The van der Waals surface area contributed by atoms with Gasteiger partial charge < -0.3 is 11.1 Å². The van der Waals surface area contributed by atoms with Crippen LogP contribution in [0.5, 0.6) is 0 Å². The Bertz CT molecular complexity index is 992. The lowest BCUT2D eigenvalue weighted by molar-refractivity contribution is -0.137. The Morgan fingerprint density at radius 1 is 0.926 bits per heavy atom. The molecule has 140 valence electrons. The molecule has 3 aromatic rings. The maximum absolute atomic E-state index is 12.7. The van der Waals surface area contributed by atoms with Crippen LogP contribution in [0.15, 0.2) is 42.5 Å². The van der Waals surface area contributed by atoms with Crippen LogP contribution in [-0.2, 0) is 6.18 Å². The standard InChI is InChI=1S/C17H10Cl3F3N4/c18-9-5-11(15(20)12(19)6-9)13-7-14(27-16(24)26-13)25-10-3-1-8(2-4-10)17(21,22)23/h1-7H,(H3,24,25,26,27). The number of halogens is 6. The highest BCUT2D eigenvalue weighted by atomic mass is 35.5. The first-order valence-corrected chi connectivity index (χ1v) is 8.50. The van der Waals surface area contributed by atoms with Crippen molar-refractivity contribution in [3.8, 4) is 11.3 Å². The van der Waals surface area contributed by atoms with E-state index in [1.165, 1.54) is 24.3 Å². The summed E-state index contributed by atoms with van der Waals surface area (Å²) in [5, 5.41) is 3.71. The van der Waals surface area contributed by atoms with Crippen molar-refractivity contribution in [2.24, 2.45) is 0 Å². The summed E-state index contributed by atoms with van der Waals surface area (Å²) in [6, 6.07) is 9.07. The van der Waals surface area contributed by atoms with Gasteiger partial charge >= 0.3 is 6.18 Å². The molecule has 0 saturated heterocycles. The van der Waals surface area contributed by atoms with E-state index in [1.54, 1.807) is 6.07 Å². The van der Waals surface area contributed by atoms with Gasteiger partial charge in [0.15, 0.2) is 0 Å². The Morgan fingerprint density at radius 2 is 1.59 bits per heavy atom. The predicted molar refractivity (Wildman–Crippen MR) is 102 cm³/mol. The number of nitrogens with two attached hydrogens (primary N) is 1. The third kappa shape index (κ3) is 4.55. The summed E-state index contributed by atoms with van der Waals surface area (Å²) in [6.07, 6.45) is -4.41. The summed E-state index contributed by atoms with van der Waals surface area (Å²) in [7, 11) is 0. The van der Waals surface area contributed by atoms with Crippen LogP contribution in [0.2, 0.25) is 15.1 Å². The maximum atomic E-state index is 12.7. The largest absolute Gasteiger partial charge is 0.416 e. The van der Waals surface area contributed by atoms with Crippen LogP contribution in [0.25, 0.3) is 11.3 Å². The molecule has 2 aromatic carbocycles. The highest BCUT2D eigenvalue weighted by molar-refractivity contribution is 6.45. The molecule has 3 rings (SSSR count). The molecule has 10 heteroatoms. The Kier molecular flexibility index (Phi) is 5.37. The fourth-order valence-electron chi connectivity index (χ4n) is 2.30. The molecular weight excluding hydrogens is 424 g/mol. The summed E-state index contributed by atoms with van der Waals surface area (Å²) < 4.78 is 38.0. The van der Waals surface area contributed by atoms with E-state index in [4.69, 9.17) is 40.5 Å². The molecular formula is C17H10Cl3F3N4. The Morgan fingerprint density at radius 3 is 2.22 bits per heavy atom. The Balaban J connectivity index is 1.95. The fourth-order valence-corrected chi connectivity index (χ4v) is 3.00. The van der Waals surface area contributed by atoms with Gasteiger partial charge in [0.1, 0.15) is 5.82 Å². The third-order valence-electron chi connectivity index (χ3n) is 3.50. The van der Waals surface area contributed by atoms with Crippen molar-refractivity contribution in [2.75, 3.05) is 11.1 Å². The number of nitrogens with zero attached hydrogens (tertiary/aromatic N) is 2. The number of anilines is 3. The molecule has 0 saturated carbocycles. The molecule has 0 fully saturated rings. The second-order valence-electron chi connectivity index (χ2n) is 5.45. The van der Waals surface area contributed by atoms with Crippen molar-refractivity contribution >= 4 is 52.3 Å². The fraction of sp³-hybridized carbons (Fsp3) is 0.0588. The van der Waals surface area contributed by atoms with Crippen molar-refractivity contribution in [3.63, 3.8) is 0 Å². The first-order valence-electron chi connectivity index (χ1n) is 7.37. The van der Waals surface area contributed by atoms with Gasteiger partial charge in [0, 0.05) is 22.3 Å². The summed E-state index contributed by atoms with van der Waals surface area (Å²) in [4.78, 5) is 8.14. The summed E-state index contributed by atoms with van der Waals surface area (Å²) in [6.45, 7) is 0. The minimum atomic E-state index is -4.41. The van der Waals surface area contributed by atoms with Gasteiger partial charge in [-0.25, -0.2) is 4.98 Å². The van der Waals surface area contributed by atoms with E-state index in [0.29, 0.717) is 22.0 Å². The van der Waals surface area contributed by atoms with Gasteiger partial charge in [0.2, 0.25) is 5.95 Å². The van der Waals surface area contributed by atoms with Crippen molar-refractivity contribution in [1.82, 2.24) is 9.97 Å². The average Bonchev–Trinajstić information content (AvgIpc) is 2.57. The molecule has 1 aromatic heterocycles. The highest BCUT2D eigenvalue weighted by Crippen LogP contribution is 2.37. The normalized spacial score (nSPS) is 11.5. The van der Waals surface area contributed by atoms with E-state index in [1.807, 2.05) is 0 Å². The first kappa shape index (κ1) is 19.5. The smallest absolute Gasteiger partial charge is 0.368 e. The van der Waals surface area contributed by atoms with Crippen molar-refractivity contribution in [3.05, 3.63) is 63.1 Å². The lowest BCUT2D eigenvalue weighted by Crippen LogP contribution is -2.05. The highest BCUT2D eigenvalue weighted by Gasteiger charge is 2.29.